The van der Waals surface area contributed by atoms with Crippen LogP contribution in [0, 0.1) is 34.5 Å². The van der Waals surface area contributed by atoms with E-state index in [0.29, 0.717) is 24.2 Å². The Morgan fingerprint density at radius 2 is 1.79 bits per heavy atom. The van der Waals surface area contributed by atoms with Crippen molar-refractivity contribution in [1.82, 2.24) is 0 Å². The van der Waals surface area contributed by atoms with Crippen molar-refractivity contribution in [2.45, 2.75) is 71.3 Å². The Bertz CT molecular complexity index is 558. The van der Waals surface area contributed by atoms with E-state index in [1.54, 1.807) is 0 Å². The Hall–Kier alpha value is -1.06. The predicted molar refractivity (Wildman–Crippen MR) is 89.0 cm³/mol. The Morgan fingerprint density at radius 3 is 2.54 bits per heavy atom. The Balaban J connectivity index is 1.61. The zero-order valence-electron chi connectivity index (χ0n) is 15.2. The van der Waals surface area contributed by atoms with Gasteiger partial charge >= 0.3 is 11.9 Å². The maximum Gasteiger partial charge on any atom is 0.309 e. The average molecular weight is 334 g/mol. The van der Waals surface area contributed by atoms with Gasteiger partial charge in [0.1, 0.15) is 6.10 Å². The molecule has 4 nitrogen and oxygen atoms in total. The van der Waals surface area contributed by atoms with Gasteiger partial charge in [-0.15, -0.1) is 0 Å². The van der Waals surface area contributed by atoms with Crippen molar-refractivity contribution in [2.24, 2.45) is 34.5 Å². The lowest BCUT2D eigenvalue weighted by Gasteiger charge is -2.59. The van der Waals surface area contributed by atoms with Gasteiger partial charge in [0.05, 0.1) is 13.0 Å². The lowest BCUT2D eigenvalue weighted by atomic mass is 9.47. The minimum atomic E-state index is -0.0109. The Labute approximate surface area is 144 Å². The third-order valence-electron chi connectivity index (χ3n) is 8.41. The van der Waals surface area contributed by atoms with Crippen LogP contribution >= 0.6 is 0 Å². The van der Waals surface area contributed by atoms with E-state index >= 15 is 0 Å². The number of methoxy groups -OCH3 is 1. The van der Waals surface area contributed by atoms with Crippen molar-refractivity contribution >= 4 is 11.9 Å². The molecule has 3 saturated carbocycles. The fourth-order valence-corrected chi connectivity index (χ4v) is 7.08. The summed E-state index contributed by atoms with van der Waals surface area (Å²) in [5.74, 6) is 1.99. The van der Waals surface area contributed by atoms with Crippen LogP contribution in [0.25, 0.3) is 0 Å². The van der Waals surface area contributed by atoms with Crippen LogP contribution in [0.5, 0.6) is 0 Å². The second-order valence-electron chi connectivity index (χ2n) is 9.14. The monoisotopic (exact) mass is 334 g/mol. The van der Waals surface area contributed by atoms with Crippen molar-refractivity contribution in [3.63, 3.8) is 0 Å². The van der Waals surface area contributed by atoms with Gasteiger partial charge < -0.3 is 9.47 Å². The standard InChI is InChI=1S/C20H30O4/c1-19-10-8-14-12(13(19)5-6-15(19)18(22)23-3)4-7-16-20(14,2)11-9-17(21)24-16/h12-16H,4-11H2,1-3H3/t12-,13-,14-,15+,16?,19-,20+/m0/s1. The van der Waals surface area contributed by atoms with Gasteiger partial charge in [0.2, 0.25) is 0 Å². The molecule has 0 aromatic rings. The van der Waals surface area contributed by atoms with E-state index in [9.17, 15) is 9.59 Å². The molecule has 1 unspecified atom stereocenters. The summed E-state index contributed by atoms with van der Waals surface area (Å²) >= 11 is 0. The zero-order chi connectivity index (χ0) is 17.1. The molecule has 0 N–H and O–H groups in total. The quantitative estimate of drug-likeness (QED) is 0.686. The van der Waals surface area contributed by atoms with E-state index in [2.05, 4.69) is 13.8 Å². The molecule has 4 heteroatoms. The van der Waals surface area contributed by atoms with Crippen LogP contribution in [0.1, 0.15) is 65.2 Å². The smallest absolute Gasteiger partial charge is 0.309 e. The molecule has 4 fully saturated rings. The van der Waals surface area contributed by atoms with E-state index in [0.717, 1.165) is 44.9 Å². The second kappa shape index (κ2) is 5.47. The average Bonchev–Trinajstić information content (AvgIpc) is 2.92. The summed E-state index contributed by atoms with van der Waals surface area (Å²) in [6.07, 6.45) is 8.20. The molecule has 3 aliphatic carbocycles. The molecule has 0 aromatic heterocycles. The number of carbonyl (C=O) groups excluding carboxylic acids is 2. The molecule has 1 aliphatic heterocycles. The summed E-state index contributed by atoms with van der Waals surface area (Å²) in [5, 5.41) is 0. The summed E-state index contributed by atoms with van der Waals surface area (Å²) in [4.78, 5) is 24.0. The van der Waals surface area contributed by atoms with Crippen molar-refractivity contribution in [3.8, 4) is 0 Å². The number of fused-ring (bicyclic) bond motifs is 5. The molecule has 24 heavy (non-hydrogen) atoms. The minimum Gasteiger partial charge on any atom is -0.469 e. The zero-order valence-corrected chi connectivity index (χ0v) is 15.2. The molecule has 7 atom stereocenters. The van der Waals surface area contributed by atoms with E-state index in [4.69, 9.17) is 9.47 Å². The van der Waals surface area contributed by atoms with Gasteiger partial charge in [0.15, 0.2) is 0 Å². The van der Waals surface area contributed by atoms with Gasteiger partial charge in [-0.1, -0.05) is 13.8 Å². The van der Waals surface area contributed by atoms with Gasteiger partial charge in [0, 0.05) is 11.8 Å². The van der Waals surface area contributed by atoms with Gasteiger partial charge in [-0.3, -0.25) is 9.59 Å². The number of rotatable bonds is 1. The lowest BCUT2D eigenvalue weighted by molar-refractivity contribution is -0.193. The SMILES string of the molecule is COC(=O)[C@H]1CC[C@H]2[C@@H]3CCC4OC(=O)CC[C@]4(C)[C@H]3CC[C@]12C. The first-order valence-corrected chi connectivity index (χ1v) is 9.67. The number of ether oxygens (including phenoxy) is 2. The third-order valence-corrected chi connectivity index (χ3v) is 8.41. The van der Waals surface area contributed by atoms with Crippen molar-refractivity contribution in [3.05, 3.63) is 0 Å². The van der Waals surface area contributed by atoms with E-state index in [1.807, 2.05) is 0 Å². The highest BCUT2D eigenvalue weighted by Crippen LogP contribution is 2.66. The molecule has 0 radical (unpaired) electrons. The van der Waals surface area contributed by atoms with Crippen molar-refractivity contribution in [2.75, 3.05) is 7.11 Å². The maximum atomic E-state index is 12.3. The Kier molecular flexibility index (Phi) is 3.74. The van der Waals surface area contributed by atoms with Crippen LogP contribution in [0.3, 0.4) is 0 Å². The predicted octanol–water partition coefficient (Wildman–Crippen LogP) is 3.72. The molecular weight excluding hydrogens is 304 g/mol. The van der Waals surface area contributed by atoms with Crippen molar-refractivity contribution in [1.29, 1.82) is 0 Å². The van der Waals surface area contributed by atoms with Crippen LogP contribution in [0.2, 0.25) is 0 Å². The van der Waals surface area contributed by atoms with Crippen molar-refractivity contribution < 1.29 is 19.1 Å². The molecule has 134 valence electrons. The second-order valence-corrected chi connectivity index (χ2v) is 9.14. The van der Waals surface area contributed by atoms with Crippen LogP contribution in [0.15, 0.2) is 0 Å². The normalized spacial score (nSPS) is 50.3. The molecule has 4 aliphatic rings. The molecular formula is C20H30O4. The van der Waals surface area contributed by atoms with Crippen LogP contribution in [-0.2, 0) is 19.1 Å². The number of esters is 2. The Morgan fingerprint density at radius 1 is 1.04 bits per heavy atom. The van der Waals surface area contributed by atoms with Gasteiger partial charge in [-0.25, -0.2) is 0 Å². The fraction of sp³-hybridized carbons (Fsp3) is 0.900. The summed E-state index contributed by atoms with van der Waals surface area (Å²) in [7, 11) is 1.52. The fourth-order valence-electron chi connectivity index (χ4n) is 7.08. The highest BCUT2D eigenvalue weighted by molar-refractivity contribution is 5.74. The first kappa shape index (κ1) is 16.4. The summed E-state index contributed by atoms with van der Waals surface area (Å²) in [6, 6.07) is 0. The van der Waals surface area contributed by atoms with Crippen LogP contribution < -0.4 is 0 Å². The van der Waals surface area contributed by atoms with E-state index in [-0.39, 0.29) is 34.8 Å². The first-order chi connectivity index (χ1) is 11.4. The number of carbonyl (C=O) groups is 2. The van der Waals surface area contributed by atoms with Crippen LogP contribution in [-0.4, -0.2) is 25.2 Å². The summed E-state index contributed by atoms with van der Waals surface area (Å²) in [6.45, 7) is 4.69. The topological polar surface area (TPSA) is 52.6 Å². The van der Waals surface area contributed by atoms with E-state index < -0.39 is 0 Å². The highest BCUT2D eigenvalue weighted by atomic mass is 16.5. The van der Waals surface area contributed by atoms with Gasteiger partial charge in [-0.05, 0) is 68.1 Å². The molecule has 0 spiro atoms. The van der Waals surface area contributed by atoms with Gasteiger partial charge in [0.25, 0.3) is 0 Å². The van der Waals surface area contributed by atoms with Gasteiger partial charge in [-0.2, -0.15) is 0 Å². The molecule has 0 aromatic carbocycles. The molecule has 1 saturated heterocycles. The lowest BCUT2D eigenvalue weighted by Crippen LogP contribution is -2.56. The highest BCUT2D eigenvalue weighted by Gasteiger charge is 2.62. The largest absolute Gasteiger partial charge is 0.469 e. The molecule has 0 bridgehead atoms. The first-order valence-electron chi connectivity index (χ1n) is 9.67. The minimum absolute atomic E-state index is 0.00931. The molecule has 0 amide bonds. The number of hydrogen-bond donors (Lipinski definition) is 0. The maximum absolute atomic E-state index is 12.3. The molecule has 4 rings (SSSR count). The summed E-state index contributed by atoms with van der Waals surface area (Å²) < 4.78 is 10.8. The molecule has 1 heterocycles. The summed E-state index contributed by atoms with van der Waals surface area (Å²) in [5.41, 5.74) is 0.240. The van der Waals surface area contributed by atoms with E-state index in [1.165, 1.54) is 7.11 Å². The number of hydrogen-bond acceptors (Lipinski definition) is 4. The third kappa shape index (κ3) is 2.10. The van der Waals surface area contributed by atoms with Crippen LogP contribution in [0.4, 0.5) is 0 Å².